The lowest BCUT2D eigenvalue weighted by atomic mass is 10.1. The first-order valence-electron chi connectivity index (χ1n) is 10.8. The number of hydrogen-bond donors (Lipinski definition) is 1. The molecule has 9 nitrogen and oxygen atoms in total. The van der Waals surface area contributed by atoms with Gasteiger partial charge in [-0.05, 0) is 44.9 Å². The Bertz CT molecular complexity index is 999. The van der Waals surface area contributed by atoms with E-state index in [9.17, 15) is 13.4 Å². The van der Waals surface area contributed by atoms with Gasteiger partial charge in [-0.1, -0.05) is 6.07 Å². The number of rotatable bonds is 8. The van der Waals surface area contributed by atoms with Gasteiger partial charge in [0.15, 0.2) is 11.6 Å². The monoisotopic (exact) mass is 480 g/mol. The lowest BCUT2D eigenvalue weighted by molar-refractivity contribution is 0.0505. The van der Waals surface area contributed by atoms with Crippen LogP contribution in [0.4, 0.5) is 9.18 Å². The highest BCUT2D eigenvalue weighted by atomic mass is 32.2. The van der Waals surface area contributed by atoms with Gasteiger partial charge in [-0.15, -0.1) is 0 Å². The molecule has 1 amide bonds. The van der Waals surface area contributed by atoms with E-state index >= 15 is 0 Å². The van der Waals surface area contributed by atoms with Gasteiger partial charge in [-0.3, -0.25) is 5.14 Å². The Morgan fingerprint density at radius 3 is 2.61 bits per heavy atom. The Morgan fingerprint density at radius 2 is 1.97 bits per heavy atom. The molecule has 1 aromatic heterocycles. The van der Waals surface area contributed by atoms with Crippen LogP contribution >= 0.6 is 0 Å². The zero-order chi connectivity index (χ0) is 24.0. The van der Waals surface area contributed by atoms with Crippen molar-refractivity contribution in [2.75, 3.05) is 18.8 Å². The minimum Gasteiger partial charge on any atom is -0.474 e. The van der Waals surface area contributed by atoms with E-state index in [1.54, 1.807) is 17.9 Å². The Balaban J connectivity index is 1.61. The van der Waals surface area contributed by atoms with Crippen molar-refractivity contribution >= 4 is 17.1 Å². The van der Waals surface area contributed by atoms with Crippen molar-refractivity contribution in [3.8, 4) is 17.5 Å². The molecule has 0 bridgehead atoms. The molecule has 1 fully saturated rings. The molecule has 180 valence electrons. The molecule has 2 aromatic rings. The number of ether oxygens (including phenoxy) is 3. The molecule has 0 radical (unpaired) electrons. The topological polar surface area (TPSA) is 117 Å². The second-order valence-electron chi connectivity index (χ2n) is 8.05. The molecule has 33 heavy (non-hydrogen) atoms. The number of nitrogens with zero attached hydrogens (tertiary/aromatic N) is 3. The summed E-state index contributed by atoms with van der Waals surface area (Å²) in [5, 5.41) is 5.25. The van der Waals surface area contributed by atoms with Gasteiger partial charge >= 0.3 is 6.09 Å². The third-order valence-electron chi connectivity index (χ3n) is 5.10. The minimum atomic E-state index is -1.44. The third-order valence-corrected chi connectivity index (χ3v) is 5.71. The van der Waals surface area contributed by atoms with Crippen molar-refractivity contribution in [2.24, 2.45) is 5.14 Å². The highest BCUT2D eigenvalue weighted by molar-refractivity contribution is 7.82. The number of carbonyl (C=O) groups is 1. The van der Waals surface area contributed by atoms with Crippen LogP contribution in [0.1, 0.15) is 37.8 Å². The molecule has 1 aromatic carbocycles. The first-order chi connectivity index (χ1) is 15.7. The number of amides is 1. The molecular weight excluding hydrogens is 451 g/mol. The minimum absolute atomic E-state index is 0.0114. The Kier molecular flexibility index (Phi) is 8.56. The van der Waals surface area contributed by atoms with Crippen LogP contribution in [-0.4, -0.2) is 56.2 Å². The molecule has 3 rings (SSSR count). The van der Waals surface area contributed by atoms with Crippen molar-refractivity contribution < 1.29 is 27.6 Å². The molecule has 2 N–H and O–H groups in total. The van der Waals surface area contributed by atoms with Crippen LogP contribution in [0.25, 0.3) is 0 Å². The number of likely N-dealkylation sites (tertiary alicyclic amines) is 1. The second-order valence-corrected chi connectivity index (χ2v) is 9.22. The average molecular weight is 481 g/mol. The summed E-state index contributed by atoms with van der Waals surface area (Å²) < 4.78 is 42.5. The Morgan fingerprint density at radius 1 is 1.27 bits per heavy atom. The maximum atomic E-state index is 14.5. The molecular formula is C22H29FN4O5S. The largest absolute Gasteiger partial charge is 0.474 e. The lowest BCUT2D eigenvalue weighted by Crippen LogP contribution is -2.42. The maximum absolute atomic E-state index is 14.5. The van der Waals surface area contributed by atoms with Gasteiger partial charge in [0.25, 0.3) is 0 Å². The normalized spacial score (nSPS) is 15.4. The van der Waals surface area contributed by atoms with Crippen molar-refractivity contribution in [3.63, 3.8) is 0 Å². The molecule has 1 saturated heterocycles. The molecule has 2 heterocycles. The maximum Gasteiger partial charge on any atom is 0.410 e. The van der Waals surface area contributed by atoms with E-state index in [0.29, 0.717) is 49.4 Å². The van der Waals surface area contributed by atoms with Gasteiger partial charge in [-0.2, -0.15) is 0 Å². The van der Waals surface area contributed by atoms with E-state index in [1.807, 2.05) is 13.8 Å². The molecule has 11 heteroatoms. The highest BCUT2D eigenvalue weighted by Crippen LogP contribution is 2.30. The summed E-state index contributed by atoms with van der Waals surface area (Å²) in [4.78, 5) is 22.0. The summed E-state index contributed by atoms with van der Waals surface area (Å²) in [6, 6.07) is 4.52. The number of hydrogen-bond acceptors (Lipinski definition) is 7. The Hall–Kier alpha value is -2.79. The first-order valence-corrected chi connectivity index (χ1v) is 12.1. The van der Waals surface area contributed by atoms with Gasteiger partial charge in [0.05, 0.1) is 22.7 Å². The van der Waals surface area contributed by atoms with E-state index < -0.39 is 16.8 Å². The highest BCUT2D eigenvalue weighted by Gasteiger charge is 2.26. The summed E-state index contributed by atoms with van der Waals surface area (Å²) in [5.74, 6) is 0.246. The van der Waals surface area contributed by atoms with Gasteiger partial charge in [0.2, 0.25) is 11.8 Å². The van der Waals surface area contributed by atoms with Crippen LogP contribution in [0.5, 0.6) is 17.5 Å². The summed E-state index contributed by atoms with van der Waals surface area (Å²) in [6.45, 7) is 6.42. The number of carbonyl (C=O) groups excluding carboxylic acids is 1. The van der Waals surface area contributed by atoms with E-state index in [-0.39, 0.29) is 35.7 Å². The van der Waals surface area contributed by atoms with Crippen molar-refractivity contribution in [1.82, 2.24) is 14.9 Å². The molecule has 0 saturated carbocycles. The van der Waals surface area contributed by atoms with Crippen LogP contribution in [0, 0.1) is 12.7 Å². The summed E-state index contributed by atoms with van der Waals surface area (Å²) in [6.07, 6.45) is 2.37. The number of nitrogens with two attached hydrogens (primary N) is 1. The molecule has 1 aliphatic heterocycles. The molecule has 1 unspecified atom stereocenters. The predicted octanol–water partition coefficient (Wildman–Crippen LogP) is 3.27. The number of aryl methyl sites for hydroxylation is 1. The van der Waals surface area contributed by atoms with E-state index in [0.717, 1.165) is 0 Å². The number of piperidine rings is 1. The van der Waals surface area contributed by atoms with Crippen LogP contribution in [-0.2, 0) is 22.1 Å². The lowest BCUT2D eigenvalue weighted by Gasteiger charge is -2.31. The van der Waals surface area contributed by atoms with Crippen LogP contribution in [0.2, 0.25) is 0 Å². The van der Waals surface area contributed by atoms with Crippen LogP contribution in [0.3, 0.4) is 0 Å². The standard InChI is InChI=1S/C22H29FN4O5S/c1-14(2)30-22(28)27-9-6-17(7-10-27)31-20-15(3)21(26-13-25-20)32-19-5-4-16(12-18(19)23)8-11-33(24)29/h4-5,12-14,17H,6-11,24H2,1-3H3. The molecule has 0 spiro atoms. The van der Waals surface area contributed by atoms with Crippen molar-refractivity contribution in [2.45, 2.75) is 52.2 Å². The molecule has 0 aliphatic carbocycles. The Labute approximate surface area is 195 Å². The zero-order valence-electron chi connectivity index (χ0n) is 19.0. The van der Waals surface area contributed by atoms with E-state index in [4.69, 9.17) is 19.3 Å². The van der Waals surface area contributed by atoms with Crippen LogP contribution in [0.15, 0.2) is 24.5 Å². The van der Waals surface area contributed by atoms with Crippen LogP contribution < -0.4 is 14.6 Å². The number of halogens is 1. The zero-order valence-corrected chi connectivity index (χ0v) is 19.8. The SMILES string of the molecule is Cc1c(Oc2ccc(CCS(N)=O)cc2F)ncnc1OC1CCN(C(=O)OC(C)C)CC1. The average Bonchev–Trinajstić information content (AvgIpc) is 2.76. The fourth-order valence-electron chi connectivity index (χ4n) is 3.34. The second kappa shape index (κ2) is 11.4. The van der Waals surface area contributed by atoms with E-state index in [1.165, 1.54) is 18.5 Å². The number of benzene rings is 1. The van der Waals surface area contributed by atoms with Crippen molar-refractivity contribution in [3.05, 3.63) is 41.5 Å². The summed E-state index contributed by atoms with van der Waals surface area (Å²) in [5.41, 5.74) is 1.21. The fourth-order valence-corrected chi connectivity index (χ4v) is 3.77. The van der Waals surface area contributed by atoms with Gasteiger partial charge in [0, 0.05) is 31.7 Å². The summed E-state index contributed by atoms with van der Waals surface area (Å²) in [7, 11) is -1.44. The first kappa shape index (κ1) is 24.8. The quantitative estimate of drug-likeness (QED) is 0.616. The van der Waals surface area contributed by atoms with Gasteiger partial charge in [0.1, 0.15) is 12.4 Å². The third kappa shape index (κ3) is 7.10. The summed E-state index contributed by atoms with van der Waals surface area (Å²) >= 11 is 0. The van der Waals surface area contributed by atoms with Gasteiger partial charge < -0.3 is 19.1 Å². The predicted molar refractivity (Wildman–Crippen MR) is 121 cm³/mol. The van der Waals surface area contributed by atoms with Crippen molar-refractivity contribution in [1.29, 1.82) is 0 Å². The molecule has 1 aliphatic rings. The smallest absolute Gasteiger partial charge is 0.410 e. The number of aromatic nitrogens is 2. The molecule has 1 atom stereocenters. The van der Waals surface area contributed by atoms with E-state index in [2.05, 4.69) is 9.97 Å². The van der Waals surface area contributed by atoms with Gasteiger partial charge in [-0.25, -0.2) is 23.4 Å². The fraction of sp³-hybridized carbons (Fsp3) is 0.500.